The molecule has 0 radical (unpaired) electrons. The van der Waals surface area contributed by atoms with Crippen molar-refractivity contribution in [3.8, 4) is 0 Å². The lowest BCUT2D eigenvalue weighted by Gasteiger charge is -2.34. The number of rotatable bonds is 0. The van der Waals surface area contributed by atoms with Gasteiger partial charge in [-0.3, -0.25) is 9.89 Å². The van der Waals surface area contributed by atoms with Crippen LogP contribution >= 0.6 is 0 Å². The number of fused-ring (bicyclic) bond motifs is 1. The number of benzene rings is 1. The summed E-state index contributed by atoms with van der Waals surface area (Å²) in [6.45, 7) is 6.28. The Balaban J connectivity index is 0.000000180. The molecule has 1 aromatic carbocycles. The number of H-pyrrole nitrogens is 1. The summed E-state index contributed by atoms with van der Waals surface area (Å²) < 4.78 is 35.4. The molecule has 0 amide bonds. The summed E-state index contributed by atoms with van der Waals surface area (Å²) in [7, 11) is 0. The van der Waals surface area contributed by atoms with Gasteiger partial charge >= 0.3 is 6.18 Å². The quantitative estimate of drug-likeness (QED) is 0.677. The number of nitrogens with one attached hydrogen (secondary N) is 2. The zero-order chi connectivity index (χ0) is 19.8. The van der Waals surface area contributed by atoms with E-state index in [4.69, 9.17) is 0 Å². The molecule has 27 heavy (non-hydrogen) atoms. The second-order valence-corrected chi connectivity index (χ2v) is 7.74. The monoisotopic (exact) mass is 377 g/mol. The lowest BCUT2D eigenvalue weighted by atomic mass is 9.74. The number of hydrogen-bond donors (Lipinski definition) is 2. The number of aromatic amines is 1. The number of hydrogen-bond acceptors (Lipinski definition) is 3. The minimum atomic E-state index is -4.21. The largest absolute Gasteiger partial charge is 0.416 e. The topological polar surface area (TPSA) is 57.8 Å². The number of ketones is 1. The number of aromatic nitrogens is 2. The van der Waals surface area contributed by atoms with Gasteiger partial charge < -0.3 is 5.32 Å². The molecular weight excluding hydrogens is 355 g/mol. The Hall–Kier alpha value is -2.57. The lowest BCUT2D eigenvalue weighted by Crippen LogP contribution is -2.31. The molecule has 2 N–H and O–H groups in total. The Bertz CT molecular complexity index is 880. The smallest absolute Gasteiger partial charge is 0.342 e. The van der Waals surface area contributed by atoms with E-state index < -0.39 is 11.7 Å². The maximum Gasteiger partial charge on any atom is 0.416 e. The van der Waals surface area contributed by atoms with E-state index in [1.807, 2.05) is 6.92 Å². The molecule has 0 saturated heterocycles. The van der Waals surface area contributed by atoms with Crippen LogP contribution in [0.3, 0.4) is 0 Å². The van der Waals surface area contributed by atoms with E-state index >= 15 is 0 Å². The van der Waals surface area contributed by atoms with Gasteiger partial charge in [-0.1, -0.05) is 44.2 Å². The van der Waals surface area contributed by atoms with Crippen LogP contribution in [0, 0.1) is 12.3 Å². The highest BCUT2D eigenvalue weighted by Crippen LogP contribution is 2.41. The van der Waals surface area contributed by atoms with Crippen LogP contribution in [-0.4, -0.2) is 16.0 Å². The van der Waals surface area contributed by atoms with Crippen molar-refractivity contribution in [3.05, 3.63) is 58.4 Å². The van der Waals surface area contributed by atoms with Crippen LogP contribution in [0.1, 0.15) is 43.5 Å². The third-order valence-corrected chi connectivity index (χ3v) is 4.79. The summed E-state index contributed by atoms with van der Waals surface area (Å²) in [5.41, 5.74) is 3.68. The molecule has 0 spiro atoms. The summed E-state index contributed by atoms with van der Waals surface area (Å²) in [5.74, 6) is 1.18. The number of carbonyl (C=O) groups excluding carboxylic acids is 1. The molecule has 0 saturated carbocycles. The van der Waals surface area contributed by atoms with E-state index in [1.54, 1.807) is 6.07 Å². The Kier molecular flexibility index (Phi) is 4.88. The van der Waals surface area contributed by atoms with Gasteiger partial charge in [-0.15, -0.1) is 0 Å². The number of alkyl halides is 3. The van der Waals surface area contributed by atoms with Gasteiger partial charge in [0.15, 0.2) is 11.6 Å². The van der Waals surface area contributed by atoms with Crippen LogP contribution in [0.2, 0.25) is 0 Å². The minimum absolute atomic E-state index is 0.0613. The standard InChI is InChI=1S/C13H17N3O.C7H5F3/c1-7-8-4-9-10(14-12(8)16-15-7)5-13(2,3)6-11(9)17;8-7(9,10)6-4-2-1-3-5-6/h4-6H2,1-3H3,(H2,14,15,16);1-5H. The summed E-state index contributed by atoms with van der Waals surface area (Å²) >= 11 is 0. The highest BCUT2D eigenvalue weighted by atomic mass is 19.4. The predicted octanol–water partition coefficient (Wildman–Crippen LogP) is 5.03. The molecule has 1 aliphatic carbocycles. The number of aryl methyl sites for hydroxylation is 1. The van der Waals surface area contributed by atoms with E-state index in [1.165, 1.54) is 12.1 Å². The Morgan fingerprint density at radius 3 is 2.37 bits per heavy atom. The first-order chi connectivity index (χ1) is 12.6. The summed E-state index contributed by atoms with van der Waals surface area (Å²) in [6, 6.07) is 6.36. The van der Waals surface area contributed by atoms with Crippen LogP contribution < -0.4 is 5.32 Å². The van der Waals surface area contributed by atoms with Crippen molar-refractivity contribution in [3.63, 3.8) is 0 Å². The van der Waals surface area contributed by atoms with Gasteiger partial charge in [-0.25, -0.2) is 0 Å². The maximum atomic E-state index is 12.2. The fourth-order valence-corrected chi connectivity index (χ4v) is 3.40. The van der Waals surface area contributed by atoms with Crippen molar-refractivity contribution in [1.29, 1.82) is 0 Å². The van der Waals surface area contributed by atoms with Crippen molar-refractivity contribution in [2.24, 2.45) is 5.41 Å². The normalized spacial score (nSPS) is 18.1. The first kappa shape index (κ1) is 19.2. The average Bonchev–Trinajstić information content (AvgIpc) is 2.93. The van der Waals surface area contributed by atoms with Crippen molar-refractivity contribution in [1.82, 2.24) is 10.2 Å². The first-order valence-electron chi connectivity index (χ1n) is 8.75. The lowest BCUT2D eigenvalue weighted by molar-refractivity contribution is -0.137. The molecule has 0 fully saturated rings. The van der Waals surface area contributed by atoms with Gasteiger partial charge in [0, 0.05) is 35.4 Å². The molecule has 0 atom stereocenters. The molecule has 2 heterocycles. The fraction of sp³-hybridized carbons (Fsp3) is 0.400. The molecule has 1 aliphatic heterocycles. The SMILES string of the molecule is Cc1[nH]nc2c1CC1=C(CC(C)(C)CC1=O)N2.FC(F)(F)c1ccccc1. The highest BCUT2D eigenvalue weighted by Gasteiger charge is 2.36. The van der Waals surface area contributed by atoms with Crippen molar-refractivity contribution >= 4 is 11.6 Å². The molecule has 7 heteroatoms. The van der Waals surface area contributed by atoms with E-state index in [2.05, 4.69) is 29.4 Å². The maximum absolute atomic E-state index is 12.2. The third-order valence-electron chi connectivity index (χ3n) is 4.79. The van der Waals surface area contributed by atoms with Crippen LogP contribution in [-0.2, 0) is 17.4 Å². The predicted molar refractivity (Wildman–Crippen MR) is 97.1 cm³/mol. The van der Waals surface area contributed by atoms with Crippen molar-refractivity contribution in [2.45, 2.75) is 46.2 Å². The number of carbonyl (C=O) groups is 1. The Labute approximate surface area is 155 Å². The van der Waals surface area contributed by atoms with Gasteiger partial charge in [0.25, 0.3) is 0 Å². The number of nitrogens with zero attached hydrogens (tertiary/aromatic N) is 1. The second-order valence-electron chi connectivity index (χ2n) is 7.74. The Morgan fingerprint density at radius 1 is 1.11 bits per heavy atom. The molecule has 1 aromatic heterocycles. The van der Waals surface area contributed by atoms with Gasteiger partial charge in [0.05, 0.1) is 5.56 Å². The van der Waals surface area contributed by atoms with E-state index in [-0.39, 0.29) is 11.2 Å². The zero-order valence-electron chi connectivity index (χ0n) is 15.5. The van der Waals surface area contributed by atoms with Gasteiger partial charge in [-0.05, 0) is 18.8 Å². The van der Waals surface area contributed by atoms with Crippen LogP contribution in [0.4, 0.5) is 19.0 Å². The second kappa shape index (κ2) is 6.87. The molecule has 2 aliphatic rings. The number of allylic oxidation sites excluding steroid dienone is 2. The van der Waals surface area contributed by atoms with Gasteiger partial charge in [0.1, 0.15) is 0 Å². The van der Waals surface area contributed by atoms with E-state index in [0.29, 0.717) is 6.42 Å². The summed E-state index contributed by atoms with van der Waals surface area (Å²) in [6.07, 6.45) is -1.89. The molecule has 0 unspecified atom stereocenters. The Morgan fingerprint density at radius 2 is 1.78 bits per heavy atom. The number of halogens is 3. The van der Waals surface area contributed by atoms with Crippen molar-refractivity contribution < 1.29 is 18.0 Å². The summed E-state index contributed by atoms with van der Waals surface area (Å²) in [4.78, 5) is 12.2. The van der Waals surface area contributed by atoms with Gasteiger partial charge in [0.2, 0.25) is 0 Å². The summed E-state index contributed by atoms with van der Waals surface area (Å²) in [5, 5.41) is 10.5. The number of anilines is 1. The molecule has 4 nitrogen and oxygen atoms in total. The van der Waals surface area contributed by atoms with Crippen LogP contribution in [0.5, 0.6) is 0 Å². The minimum Gasteiger partial charge on any atom is -0.342 e. The molecule has 0 bridgehead atoms. The van der Waals surface area contributed by atoms with E-state index in [0.717, 1.165) is 53.3 Å². The number of Topliss-reactive ketones (excluding diaryl/α,β-unsaturated/α-hetero) is 1. The highest BCUT2D eigenvalue weighted by molar-refractivity contribution is 5.99. The van der Waals surface area contributed by atoms with Crippen LogP contribution in [0.15, 0.2) is 41.6 Å². The molecular formula is C20H22F3N3O. The molecule has 2 aromatic rings. The van der Waals surface area contributed by atoms with Crippen molar-refractivity contribution in [2.75, 3.05) is 5.32 Å². The first-order valence-corrected chi connectivity index (χ1v) is 8.75. The third kappa shape index (κ3) is 4.23. The molecule has 4 rings (SSSR count). The van der Waals surface area contributed by atoms with Crippen LogP contribution in [0.25, 0.3) is 0 Å². The zero-order valence-corrected chi connectivity index (χ0v) is 15.5. The van der Waals surface area contributed by atoms with E-state index in [9.17, 15) is 18.0 Å². The fourth-order valence-electron chi connectivity index (χ4n) is 3.40. The molecule has 144 valence electrons. The average molecular weight is 377 g/mol. The van der Waals surface area contributed by atoms with Gasteiger partial charge in [-0.2, -0.15) is 18.3 Å².